The van der Waals surface area contributed by atoms with E-state index in [-0.39, 0.29) is 34.8 Å². The molecule has 1 amide bonds. The summed E-state index contributed by atoms with van der Waals surface area (Å²) >= 11 is 0. The van der Waals surface area contributed by atoms with Crippen LogP contribution in [0.25, 0.3) is 22.3 Å². The number of halogens is 1. The fourth-order valence-electron chi connectivity index (χ4n) is 3.43. The number of hydrogen-bond donors (Lipinski definition) is 1. The van der Waals surface area contributed by atoms with Crippen molar-refractivity contribution in [3.63, 3.8) is 0 Å². The predicted molar refractivity (Wildman–Crippen MR) is 114 cm³/mol. The molecule has 162 valence electrons. The van der Waals surface area contributed by atoms with Crippen LogP contribution < -0.4 is 11.0 Å². The number of nitrogens with zero attached hydrogens (tertiary/aromatic N) is 5. The Labute approximate surface area is 180 Å². The molecule has 0 saturated carbocycles. The number of carbonyl (C=O) groups excluding carboxylic acids is 1. The topological polar surface area (TPSA) is 125 Å². The molecule has 10 nitrogen and oxygen atoms in total. The van der Waals surface area contributed by atoms with E-state index in [1.807, 2.05) is 0 Å². The molecule has 0 saturated heterocycles. The molecule has 0 bridgehead atoms. The van der Waals surface area contributed by atoms with Gasteiger partial charge >= 0.3 is 5.69 Å². The fourth-order valence-corrected chi connectivity index (χ4v) is 3.43. The van der Waals surface area contributed by atoms with Gasteiger partial charge in [0.2, 0.25) is 0 Å². The molecule has 1 N–H and O–H groups in total. The molecule has 0 unspecified atom stereocenters. The van der Waals surface area contributed by atoms with E-state index in [0.29, 0.717) is 11.1 Å². The summed E-state index contributed by atoms with van der Waals surface area (Å²) in [5.41, 5.74) is 3.02. The summed E-state index contributed by atoms with van der Waals surface area (Å²) in [5.74, 6) is -0.993. The number of hydrogen-bond acceptors (Lipinski definition) is 6. The lowest BCUT2D eigenvalue weighted by molar-refractivity contribution is -0.386. The average Bonchev–Trinajstić information content (AvgIpc) is 3.03. The molecule has 0 aliphatic carbocycles. The number of amides is 1. The molecule has 0 aliphatic heterocycles. The molecule has 0 atom stereocenters. The van der Waals surface area contributed by atoms with Crippen LogP contribution in [-0.2, 0) is 11.3 Å². The van der Waals surface area contributed by atoms with E-state index in [0.717, 1.165) is 4.68 Å². The van der Waals surface area contributed by atoms with Gasteiger partial charge in [0, 0.05) is 5.56 Å². The molecule has 2 aromatic carbocycles. The highest BCUT2D eigenvalue weighted by atomic mass is 19.1. The quantitative estimate of drug-likeness (QED) is 0.379. The maximum Gasteiger partial charge on any atom is 0.312 e. The van der Waals surface area contributed by atoms with Crippen molar-refractivity contribution in [3.05, 3.63) is 86.2 Å². The van der Waals surface area contributed by atoms with Gasteiger partial charge in [0.15, 0.2) is 5.82 Å². The Morgan fingerprint density at radius 1 is 1.16 bits per heavy atom. The third-order valence-corrected chi connectivity index (χ3v) is 4.93. The Hall–Kier alpha value is -4.41. The van der Waals surface area contributed by atoms with Crippen LogP contribution in [0.3, 0.4) is 0 Å². The monoisotopic (exact) mass is 436 g/mol. The van der Waals surface area contributed by atoms with Crippen molar-refractivity contribution in [3.8, 4) is 11.4 Å². The predicted octanol–water partition coefficient (Wildman–Crippen LogP) is 2.69. The number of aromatic nitrogens is 4. The molecule has 0 radical (unpaired) electrons. The lowest BCUT2D eigenvalue weighted by atomic mass is 10.2. The maximum absolute atomic E-state index is 13.4. The Morgan fingerprint density at radius 3 is 2.50 bits per heavy atom. The number of para-hydroxylation sites is 1. The SMILES string of the molecule is Cc1nn(CC(=O)Nn2c(-c3ccc(F)cc3)nc3ccccc3c2=O)c(C)c1[N+](=O)[O-]. The van der Waals surface area contributed by atoms with E-state index >= 15 is 0 Å². The zero-order valence-electron chi connectivity index (χ0n) is 17.1. The highest BCUT2D eigenvalue weighted by molar-refractivity contribution is 5.86. The number of nitro groups is 1. The van der Waals surface area contributed by atoms with Crippen LogP contribution >= 0.6 is 0 Å². The second kappa shape index (κ2) is 8.02. The molecule has 2 heterocycles. The standard InChI is InChI=1S/C21H17FN6O4/c1-12-19(28(31)32)13(2)26(24-12)11-18(29)25-27-20(14-7-9-15(22)10-8-14)23-17-6-4-3-5-16(17)21(27)30/h3-10H,11H2,1-2H3,(H,25,29). The lowest BCUT2D eigenvalue weighted by Crippen LogP contribution is -2.37. The minimum Gasteiger partial charge on any atom is -0.271 e. The lowest BCUT2D eigenvalue weighted by Gasteiger charge is -2.15. The Kier molecular flexibility index (Phi) is 5.23. The summed E-state index contributed by atoms with van der Waals surface area (Å²) in [6.07, 6.45) is 0. The first-order chi connectivity index (χ1) is 15.3. The summed E-state index contributed by atoms with van der Waals surface area (Å²) in [7, 11) is 0. The van der Waals surface area contributed by atoms with E-state index in [2.05, 4.69) is 15.5 Å². The van der Waals surface area contributed by atoms with Gasteiger partial charge in [-0.15, -0.1) is 0 Å². The van der Waals surface area contributed by atoms with Crippen molar-refractivity contribution in [1.29, 1.82) is 0 Å². The fraction of sp³-hybridized carbons (Fsp3) is 0.143. The van der Waals surface area contributed by atoms with E-state index < -0.39 is 22.2 Å². The van der Waals surface area contributed by atoms with E-state index in [1.54, 1.807) is 24.3 Å². The zero-order chi connectivity index (χ0) is 23.0. The molecular weight excluding hydrogens is 419 g/mol. The van der Waals surface area contributed by atoms with Crippen LogP contribution in [0.5, 0.6) is 0 Å². The first kappa shape index (κ1) is 20.8. The van der Waals surface area contributed by atoms with Crippen molar-refractivity contribution in [2.24, 2.45) is 0 Å². The minimum absolute atomic E-state index is 0.112. The van der Waals surface area contributed by atoms with Crippen molar-refractivity contribution in [1.82, 2.24) is 19.4 Å². The van der Waals surface area contributed by atoms with Crippen molar-refractivity contribution < 1.29 is 14.1 Å². The molecule has 0 fully saturated rings. The molecule has 4 aromatic rings. The second-order valence-corrected chi connectivity index (χ2v) is 7.07. The molecule has 2 aromatic heterocycles. The largest absolute Gasteiger partial charge is 0.312 e. The Bertz CT molecular complexity index is 1420. The third kappa shape index (κ3) is 3.71. The van der Waals surface area contributed by atoms with Gasteiger partial charge in [-0.3, -0.25) is 29.8 Å². The van der Waals surface area contributed by atoms with Gasteiger partial charge in [0.25, 0.3) is 11.5 Å². The number of nitrogens with one attached hydrogen (secondary N) is 1. The van der Waals surface area contributed by atoms with E-state index in [1.165, 1.54) is 42.8 Å². The first-order valence-electron chi connectivity index (χ1n) is 9.52. The van der Waals surface area contributed by atoms with Gasteiger partial charge in [0.05, 0.1) is 15.8 Å². The van der Waals surface area contributed by atoms with Gasteiger partial charge in [-0.05, 0) is 50.2 Å². The average molecular weight is 436 g/mol. The summed E-state index contributed by atoms with van der Waals surface area (Å²) in [6, 6.07) is 12.0. The first-order valence-corrected chi connectivity index (χ1v) is 9.52. The van der Waals surface area contributed by atoms with Crippen LogP contribution in [-0.4, -0.2) is 30.3 Å². The van der Waals surface area contributed by atoms with Crippen LogP contribution in [0.1, 0.15) is 11.4 Å². The summed E-state index contributed by atoms with van der Waals surface area (Å²) < 4.78 is 15.6. The van der Waals surface area contributed by atoms with Gasteiger partial charge in [-0.1, -0.05) is 12.1 Å². The normalized spacial score (nSPS) is 11.0. The van der Waals surface area contributed by atoms with Crippen LogP contribution in [0.4, 0.5) is 10.1 Å². The molecule has 0 aliphatic rings. The molecule has 4 rings (SSSR count). The van der Waals surface area contributed by atoms with Gasteiger partial charge in [-0.2, -0.15) is 9.77 Å². The summed E-state index contributed by atoms with van der Waals surface area (Å²) in [5, 5.41) is 15.5. The number of rotatable bonds is 5. The summed E-state index contributed by atoms with van der Waals surface area (Å²) in [6.45, 7) is 2.60. The number of carbonyl (C=O) groups is 1. The molecule has 32 heavy (non-hydrogen) atoms. The van der Waals surface area contributed by atoms with Crippen LogP contribution in [0.2, 0.25) is 0 Å². The summed E-state index contributed by atoms with van der Waals surface area (Å²) in [4.78, 5) is 41.0. The van der Waals surface area contributed by atoms with Crippen molar-refractivity contribution in [2.75, 3.05) is 5.43 Å². The number of benzene rings is 2. The zero-order valence-corrected chi connectivity index (χ0v) is 17.1. The van der Waals surface area contributed by atoms with Crippen molar-refractivity contribution >= 4 is 22.5 Å². The Balaban J connectivity index is 1.76. The highest BCUT2D eigenvalue weighted by Crippen LogP contribution is 2.22. The van der Waals surface area contributed by atoms with Crippen molar-refractivity contribution in [2.45, 2.75) is 20.4 Å². The van der Waals surface area contributed by atoms with Gasteiger partial charge in [-0.25, -0.2) is 9.37 Å². The smallest absolute Gasteiger partial charge is 0.271 e. The van der Waals surface area contributed by atoms with Gasteiger partial charge in [0.1, 0.15) is 23.7 Å². The molecule has 0 spiro atoms. The highest BCUT2D eigenvalue weighted by Gasteiger charge is 2.23. The number of aryl methyl sites for hydroxylation is 1. The Morgan fingerprint density at radius 2 is 1.84 bits per heavy atom. The van der Waals surface area contributed by atoms with Gasteiger partial charge < -0.3 is 0 Å². The minimum atomic E-state index is -0.645. The van der Waals surface area contributed by atoms with Crippen LogP contribution in [0, 0.1) is 29.8 Å². The maximum atomic E-state index is 13.4. The molecular formula is C21H17FN6O4. The van der Waals surface area contributed by atoms with E-state index in [9.17, 15) is 24.1 Å². The number of fused-ring (bicyclic) bond motifs is 1. The van der Waals surface area contributed by atoms with E-state index in [4.69, 9.17) is 0 Å². The second-order valence-electron chi connectivity index (χ2n) is 7.07. The third-order valence-electron chi connectivity index (χ3n) is 4.93. The van der Waals surface area contributed by atoms with Crippen LogP contribution in [0.15, 0.2) is 53.3 Å². The molecule has 11 heteroatoms.